The monoisotopic (exact) mass is 628 g/mol. The van der Waals surface area contributed by atoms with E-state index >= 15 is 0 Å². The van der Waals surface area contributed by atoms with Crippen molar-refractivity contribution in [3.05, 3.63) is 151 Å². The topological polar surface area (TPSA) is 47.4 Å². The van der Waals surface area contributed by atoms with Crippen LogP contribution in [0.5, 0.6) is 0 Å². The molecule has 3 aliphatic rings. The maximum absolute atomic E-state index is 6.58. The van der Waals surface area contributed by atoms with Gasteiger partial charge in [0.15, 0.2) is 0 Å². The molecule has 5 heteroatoms. The maximum atomic E-state index is 6.58. The molecule has 6 aromatic carbocycles. The number of fused-ring (bicyclic) bond motifs is 17. The molecular weight excluding hydrogens is 601 g/mol. The van der Waals surface area contributed by atoms with Crippen molar-refractivity contribution < 1.29 is 4.42 Å². The van der Waals surface area contributed by atoms with Gasteiger partial charge in [0, 0.05) is 38.5 Å². The molecule has 0 saturated carbocycles. The molecule has 2 aliphatic heterocycles. The fourth-order valence-corrected chi connectivity index (χ4v) is 8.95. The highest BCUT2D eigenvalue weighted by molar-refractivity contribution is 6.24. The summed E-state index contributed by atoms with van der Waals surface area (Å²) in [5.41, 5.74) is 13.6. The van der Waals surface area contributed by atoms with Gasteiger partial charge in [-0.2, -0.15) is 0 Å². The number of furan rings is 1. The first-order valence-corrected chi connectivity index (χ1v) is 17.0. The predicted molar refractivity (Wildman–Crippen MR) is 202 cm³/mol. The lowest BCUT2D eigenvalue weighted by molar-refractivity contribution is 0.673. The third-order valence-corrected chi connectivity index (χ3v) is 11.0. The largest absolute Gasteiger partial charge is 0.455 e. The molecule has 12 rings (SSSR count). The Labute approximate surface area is 280 Å². The van der Waals surface area contributed by atoms with Crippen molar-refractivity contribution in [1.29, 1.82) is 0 Å². The van der Waals surface area contributed by atoms with Gasteiger partial charge < -0.3 is 18.9 Å². The van der Waals surface area contributed by atoms with Gasteiger partial charge in [-0.3, -0.25) is 0 Å². The lowest BCUT2D eigenvalue weighted by Crippen LogP contribution is -2.33. The van der Waals surface area contributed by atoms with Gasteiger partial charge in [-0.15, -0.1) is 0 Å². The van der Waals surface area contributed by atoms with Crippen molar-refractivity contribution in [1.82, 2.24) is 9.13 Å². The Morgan fingerprint density at radius 3 is 2.51 bits per heavy atom. The highest BCUT2D eigenvalue weighted by atomic mass is 16.3. The zero-order valence-corrected chi connectivity index (χ0v) is 26.4. The van der Waals surface area contributed by atoms with E-state index in [2.05, 4.69) is 148 Å². The quantitative estimate of drug-likeness (QED) is 0.197. The smallest absolute Gasteiger partial charge is 0.148 e. The van der Waals surface area contributed by atoms with Crippen LogP contribution in [0.1, 0.15) is 24.1 Å². The van der Waals surface area contributed by atoms with Gasteiger partial charge in [0.2, 0.25) is 0 Å². The fourth-order valence-electron chi connectivity index (χ4n) is 8.95. The van der Waals surface area contributed by atoms with E-state index in [1.165, 1.54) is 38.3 Å². The average Bonchev–Trinajstić information content (AvgIpc) is 3.81. The Balaban J connectivity index is 1.16. The zero-order chi connectivity index (χ0) is 31.8. The van der Waals surface area contributed by atoms with Crippen LogP contribution in [0.3, 0.4) is 0 Å². The molecular formula is C44H28N4O. The Kier molecular flexibility index (Phi) is 4.82. The zero-order valence-electron chi connectivity index (χ0n) is 26.4. The van der Waals surface area contributed by atoms with E-state index in [9.17, 15) is 0 Å². The number of aromatic nitrogens is 2. The van der Waals surface area contributed by atoms with E-state index in [-0.39, 0.29) is 12.1 Å². The van der Waals surface area contributed by atoms with Gasteiger partial charge in [-0.1, -0.05) is 85.0 Å². The van der Waals surface area contributed by atoms with E-state index in [1.807, 2.05) is 6.07 Å². The minimum absolute atomic E-state index is 0.129. The molecule has 49 heavy (non-hydrogen) atoms. The number of hydrogen-bond donors (Lipinski definition) is 1. The molecule has 0 fully saturated rings. The van der Waals surface area contributed by atoms with Crippen LogP contribution in [0.25, 0.3) is 71.2 Å². The van der Waals surface area contributed by atoms with Crippen molar-refractivity contribution in [3.63, 3.8) is 0 Å². The van der Waals surface area contributed by atoms with Gasteiger partial charge >= 0.3 is 0 Å². The lowest BCUT2D eigenvalue weighted by Gasteiger charge is -2.35. The molecule has 0 amide bonds. The van der Waals surface area contributed by atoms with E-state index < -0.39 is 0 Å². The Hall–Kier alpha value is -6.33. The van der Waals surface area contributed by atoms with Crippen molar-refractivity contribution >= 4 is 82.6 Å². The van der Waals surface area contributed by atoms with Gasteiger partial charge in [0.1, 0.15) is 17.3 Å². The van der Waals surface area contributed by atoms with E-state index in [1.54, 1.807) is 0 Å². The second-order valence-electron chi connectivity index (χ2n) is 13.6. The molecule has 230 valence electrons. The highest BCUT2D eigenvalue weighted by Gasteiger charge is 2.34. The van der Waals surface area contributed by atoms with Crippen molar-refractivity contribution in [2.75, 3.05) is 5.32 Å². The summed E-state index contributed by atoms with van der Waals surface area (Å²) in [5.74, 6) is 0.288. The van der Waals surface area contributed by atoms with Crippen LogP contribution in [0, 0.1) is 0 Å². The molecule has 9 aromatic rings. The maximum Gasteiger partial charge on any atom is 0.148 e. The van der Waals surface area contributed by atoms with Crippen LogP contribution < -0.4 is 5.32 Å². The molecule has 1 aliphatic carbocycles. The minimum atomic E-state index is -0.129. The van der Waals surface area contributed by atoms with E-state index in [4.69, 9.17) is 9.41 Å². The summed E-state index contributed by atoms with van der Waals surface area (Å²) in [7, 11) is 0. The molecule has 1 N–H and O–H groups in total. The van der Waals surface area contributed by atoms with E-state index in [0.29, 0.717) is 0 Å². The number of anilines is 1. The second kappa shape index (κ2) is 9.18. The molecule has 0 spiro atoms. The van der Waals surface area contributed by atoms with Crippen molar-refractivity contribution in [3.8, 4) is 5.69 Å². The fraction of sp³-hybridized carbons (Fsp3) is 0.0682. The summed E-state index contributed by atoms with van der Waals surface area (Å²) in [5, 5.41) is 11.1. The molecule has 5 nitrogen and oxygen atoms in total. The third kappa shape index (κ3) is 3.31. The number of nitrogens with zero attached hydrogens (tertiary/aromatic N) is 3. The van der Waals surface area contributed by atoms with Gasteiger partial charge in [0.25, 0.3) is 0 Å². The third-order valence-electron chi connectivity index (χ3n) is 11.0. The summed E-state index contributed by atoms with van der Waals surface area (Å²) >= 11 is 0. The van der Waals surface area contributed by atoms with Crippen LogP contribution in [0.2, 0.25) is 0 Å². The Morgan fingerprint density at radius 2 is 1.53 bits per heavy atom. The van der Waals surface area contributed by atoms with Crippen molar-refractivity contribution in [2.24, 2.45) is 4.99 Å². The standard InChI is InChI=1S/C44H28N4O/c1-5-17-36-32(12-1)40-38(22-20-31-29-11-2-6-18-39(29)49-43(31)40)47(36)27-19-21-37-33(24-27)30-14-8-13-28-25-9-7-10-26(23-25)41-44(48(37)42(28)30)46-35-16-4-3-15-34(35)45-41/h1-22,24-25,44,46H,23H2. The van der Waals surface area contributed by atoms with Crippen LogP contribution in [0.15, 0.2) is 155 Å². The molecule has 0 saturated heterocycles. The summed E-state index contributed by atoms with van der Waals surface area (Å²) in [6.45, 7) is 0. The molecule has 5 heterocycles. The first kappa shape index (κ1) is 25.7. The molecule has 0 radical (unpaired) electrons. The Bertz CT molecular complexity index is 3020. The van der Waals surface area contributed by atoms with Crippen LogP contribution in [0.4, 0.5) is 11.4 Å². The summed E-state index contributed by atoms with van der Waals surface area (Å²) in [4.78, 5) is 5.32. The van der Waals surface area contributed by atoms with Gasteiger partial charge in [-0.05, 0) is 72.2 Å². The number of rotatable bonds is 1. The number of para-hydroxylation sites is 5. The number of hydrogen-bond acceptors (Lipinski definition) is 3. The van der Waals surface area contributed by atoms with E-state index in [0.717, 1.165) is 67.6 Å². The normalized spacial score (nSPS) is 18.0. The first-order chi connectivity index (χ1) is 24.3. The summed E-state index contributed by atoms with van der Waals surface area (Å²) < 4.78 is 11.5. The molecule has 2 atom stereocenters. The van der Waals surface area contributed by atoms with Crippen LogP contribution in [-0.4, -0.2) is 14.8 Å². The lowest BCUT2D eigenvalue weighted by atomic mass is 9.83. The highest BCUT2D eigenvalue weighted by Crippen LogP contribution is 2.47. The second-order valence-corrected chi connectivity index (χ2v) is 13.6. The summed E-state index contributed by atoms with van der Waals surface area (Å²) in [6, 6.07) is 43.8. The predicted octanol–water partition coefficient (Wildman–Crippen LogP) is 11.5. The number of benzene rings is 6. The number of aliphatic imine (C=N–C) groups is 1. The summed E-state index contributed by atoms with van der Waals surface area (Å²) in [6.07, 6.45) is 7.65. The van der Waals surface area contributed by atoms with Gasteiger partial charge in [0.05, 0.1) is 44.5 Å². The molecule has 2 unspecified atom stereocenters. The van der Waals surface area contributed by atoms with Gasteiger partial charge in [-0.25, -0.2) is 4.99 Å². The first-order valence-electron chi connectivity index (χ1n) is 17.0. The molecule has 2 bridgehead atoms. The number of nitrogens with one attached hydrogen (secondary N) is 1. The SMILES string of the molecule is C1=CC2CC(=C1)C1=Nc3ccccc3NC1n1c3ccc(-n4c5ccccc5c5c6oc7ccccc7c6ccc54)cc3c3cccc2c31. The number of allylic oxidation sites excluding steroid dienone is 3. The van der Waals surface area contributed by atoms with Crippen LogP contribution in [-0.2, 0) is 0 Å². The minimum Gasteiger partial charge on any atom is -0.455 e. The average molecular weight is 629 g/mol. The van der Waals surface area contributed by atoms with Crippen LogP contribution >= 0.6 is 0 Å². The van der Waals surface area contributed by atoms with Crippen molar-refractivity contribution in [2.45, 2.75) is 18.5 Å². The molecule has 3 aromatic heterocycles. The Morgan fingerprint density at radius 1 is 0.694 bits per heavy atom.